The van der Waals surface area contributed by atoms with E-state index in [9.17, 15) is 4.79 Å². The number of rotatable bonds is 5. The number of aromatic nitrogens is 2. The van der Waals surface area contributed by atoms with E-state index in [1.807, 2.05) is 28.8 Å². The van der Waals surface area contributed by atoms with Gasteiger partial charge in [-0.1, -0.05) is 26.0 Å². The zero-order valence-corrected chi connectivity index (χ0v) is 11.4. The van der Waals surface area contributed by atoms with E-state index < -0.39 is 0 Å². The first-order valence-corrected chi connectivity index (χ1v) is 6.55. The van der Waals surface area contributed by atoms with E-state index in [0.717, 1.165) is 29.7 Å². The summed E-state index contributed by atoms with van der Waals surface area (Å²) in [4.78, 5) is 16.1. The van der Waals surface area contributed by atoms with Crippen LogP contribution in [0.5, 0.6) is 0 Å². The van der Waals surface area contributed by atoms with E-state index in [-0.39, 0.29) is 12.5 Å². The van der Waals surface area contributed by atoms with E-state index in [4.69, 9.17) is 5.84 Å². The number of benzene rings is 1. The SMILES string of the molecule is CC(C)CCc1nc2ccccc2n1CC(=O)NN. The Hall–Kier alpha value is -1.88. The van der Waals surface area contributed by atoms with Crippen molar-refractivity contribution in [2.24, 2.45) is 11.8 Å². The van der Waals surface area contributed by atoms with Gasteiger partial charge in [0, 0.05) is 6.42 Å². The molecule has 0 fully saturated rings. The van der Waals surface area contributed by atoms with Crippen LogP contribution in [0.4, 0.5) is 0 Å². The van der Waals surface area contributed by atoms with Gasteiger partial charge < -0.3 is 4.57 Å². The third kappa shape index (κ3) is 3.12. The number of fused-ring (bicyclic) bond motifs is 1. The summed E-state index contributed by atoms with van der Waals surface area (Å²) in [6.07, 6.45) is 1.91. The maximum Gasteiger partial charge on any atom is 0.253 e. The first-order valence-electron chi connectivity index (χ1n) is 6.55. The lowest BCUT2D eigenvalue weighted by Crippen LogP contribution is -2.33. The van der Waals surface area contributed by atoms with Crippen LogP contribution in [-0.4, -0.2) is 15.5 Å². The number of nitrogens with one attached hydrogen (secondary N) is 1. The van der Waals surface area contributed by atoms with Crippen LogP contribution in [0.2, 0.25) is 0 Å². The lowest BCUT2D eigenvalue weighted by molar-refractivity contribution is -0.121. The molecule has 0 bridgehead atoms. The molecule has 5 heteroatoms. The summed E-state index contributed by atoms with van der Waals surface area (Å²) in [5, 5.41) is 0. The van der Waals surface area contributed by atoms with Gasteiger partial charge in [0.1, 0.15) is 12.4 Å². The second-order valence-corrected chi connectivity index (χ2v) is 5.10. The van der Waals surface area contributed by atoms with Gasteiger partial charge in [0.05, 0.1) is 11.0 Å². The van der Waals surface area contributed by atoms with Crippen molar-refractivity contribution >= 4 is 16.9 Å². The molecule has 0 spiro atoms. The van der Waals surface area contributed by atoms with E-state index in [2.05, 4.69) is 24.3 Å². The molecular formula is C14H20N4O. The molecule has 1 aromatic heterocycles. The Morgan fingerprint density at radius 3 is 2.84 bits per heavy atom. The molecule has 0 unspecified atom stereocenters. The maximum atomic E-state index is 11.5. The van der Waals surface area contributed by atoms with Crippen LogP contribution < -0.4 is 11.3 Å². The molecule has 0 aliphatic carbocycles. The number of para-hydroxylation sites is 2. The van der Waals surface area contributed by atoms with Crippen molar-refractivity contribution in [1.82, 2.24) is 15.0 Å². The van der Waals surface area contributed by atoms with Crippen LogP contribution in [0.15, 0.2) is 24.3 Å². The number of hydrazine groups is 1. The predicted octanol–water partition coefficient (Wildman–Crippen LogP) is 1.61. The summed E-state index contributed by atoms with van der Waals surface area (Å²) >= 11 is 0. The highest BCUT2D eigenvalue weighted by Crippen LogP contribution is 2.18. The lowest BCUT2D eigenvalue weighted by atomic mass is 10.1. The van der Waals surface area contributed by atoms with E-state index in [0.29, 0.717) is 5.92 Å². The molecule has 2 aromatic rings. The Morgan fingerprint density at radius 1 is 1.42 bits per heavy atom. The number of nitrogens with zero attached hydrogens (tertiary/aromatic N) is 2. The number of nitrogens with two attached hydrogens (primary N) is 1. The molecule has 5 nitrogen and oxygen atoms in total. The number of carbonyl (C=O) groups is 1. The first-order chi connectivity index (χ1) is 9.11. The molecule has 3 N–H and O–H groups in total. The van der Waals surface area contributed by atoms with Gasteiger partial charge in [-0.2, -0.15) is 0 Å². The van der Waals surface area contributed by atoms with Gasteiger partial charge in [0.15, 0.2) is 0 Å². The molecule has 1 heterocycles. The third-order valence-corrected chi connectivity index (χ3v) is 3.14. The van der Waals surface area contributed by atoms with Crippen molar-refractivity contribution in [2.45, 2.75) is 33.2 Å². The summed E-state index contributed by atoms with van der Waals surface area (Å²) in [6, 6.07) is 7.85. The smallest absolute Gasteiger partial charge is 0.253 e. The number of hydrogen-bond donors (Lipinski definition) is 2. The Kier molecular flexibility index (Phi) is 4.16. The van der Waals surface area contributed by atoms with Crippen molar-refractivity contribution in [1.29, 1.82) is 0 Å². The molecule has 0 atom stereocenters. The predicted molar refractivity (Wildman–Crippen MR) is 75.2 cm³/mol. The number of hydrogen-bond acceptors (Lipinski definition) is 3. The lowest BCUT2D eigenvalue weighted by Gasteiger charge is -2.09. The van der Waals surface area contributed by atoms with Crippen molar-refractivity contribution in [2.75, 3.05) is 0 Å². The van der Waals surface area contributed by atoms with Crippen molar-refractivity contribution in [3.05, 3.63) is 30.1 Å². The Bertz CT molecular complexity index is 574. The van der Waals surface area contributed by atoms with Gasteiger partial charge in [-0.3, -0.25) is 10.2 Å². The minimum atomic E-state index is -0.214. The van der Waals surface area contributed by atoms with E-state index in [1.165, 1.54) is 0 Å². The van der Waals surface area contributed by atoms with Gasteiger partial charge in [0.25, 0.3) is 5.91 Å². The summed E-state index contributed by atoms with van der Waals surface area (Å²) in [6.45, 7) is 4.57. The van der Waals surface area contributed by atoms with Gasteiger partial charge in [0.2, 0.25) is 0 Å². The fourth-order valence-corrected chi connectivity index (χ4v) is 2.10. The molecule has 0 radical (unpaired) electrons. The topological polar surface area (TPSA) is 72.9 Å². The van der Waals surface area contributed by atoms with Crippen LogP contribution in [0.3, 0.4) is 0 Å². The standard InChI is InChI=1S/C14H20N4O/c1-10(2)7-8-13-16-11-5-3-4-6-12(11)18(13)9-14(19)17-15/h3-6,10H,7-9,15H2,1-2H3,(H,17,19). The van der Waals surface area contributed by atoms with Gasteiger partial charge in [-0.05, 0) is 24.5 Å². The Labute approximate surface area is 112 Å². The fraction of sp³-hybridized carbons (Fsp3) is 0.429. The number of aryl methyl sites for hydroxylation is 1. The molecule has 0 saturated heterocycles. The fourth-order valence-electron chi connectivity index (χ4n) is 2.10. The van der Waals surface area contributed by atoms with Crippen LogP contribution in [-0.2, 0) is 17.8 Å². The Balaban J connectivity index is 2.37. The molecule has 0 aliphatic rings. The van der Waals surface area contributed by atoms with E-state index >= 15 is 0 Å². The molecule has 2 rings (SSSR count). The van der Waals surface area contributed by atoms with Crippen LogP contribution in [0.25, 0.3) is 11.0 Å². The summed E-state index contributed by atoms with van der Waals surface area (Å²) in [5.41, 5.74) is 4.07. The third-order valence-electron chi connectivity index (χ3n) is 3.14. The normalized spacial score (nSPS) is 11.2. The van der Waals surface area contributed by atoms with Gasteiger partial charge in [-0.15, -0.1) is 0 Å². The second kappa shape index (κ2) is 5.84. The van der Waals surface area contributed by atoms with Crippen molar-refractivity contribution in [3.8, 4) is 0 Å². The minimum Gasteiger partial charge on any atom is -0.318 e. The summed E-state index contributed by atoms with van der Waals surface area (Å²) in [7, 11) is 0. The van der Waals surface area contributed by atoms with Crippen molar-refractivity contribution in [3.63, 3.8) is 0 Å². The first kappa shape index (κ1) is 13.5. The minimum absolute atomic E-state index is 0.213. The van der Waals surface area contributed by atoms with Gasteiger partial charge >= 0.3 is 0 Å². The highest BCUT2D eigenvalue weighted by atomic mass is 16.2. The molecule has 0 saturated carbocycles. The zero-order chi connectivity index (χ0) is 13.8. The zero-order valence-electron chi connectivity index (χ0n) is 11.4. The number of carbonyl (C=O) groups excluding carboxylic acids is 1. The largest absolute Gasteiger partial charge is 0.318 e. The molecule has 19 heavy (non-hydrogen) atoms. The van der Waals surface area contributed by atoms with Crippen molar-refractivity contribution < 1.29 is 4.79 Å². The second-order valence-electron chi connectivity index (χ2n) is 5.10. The maximum absolute atomic E-state index is 11.5. The van der Waals surface area contributed by atoms with E-state index in [1.54, 1.807) is 0 Å². The molecule has 102 valence electrons. The molecule has 1 aromatic carbocycles. The summed E-state index contributed by atoms with van der Waals surface area (Å²) in [5.74, 6) is 6.51. The quantitative estimate of drug-likeness (QED) is 0.487. The number of amides is 1. The van der Waals surface area contributed by atoms with Crippen LogP contribution in [0.1, 0.15) is 26.1 Å². The average molecular weight is 260 g/mol. The summed E-state index contributed by atoms with van der Waals surface area (Å²) < 4.78 is 1.94. The van der Waals surface area contributed by atoms with Gasteiger partial charge in [-0.25, -0.2) is 10.8 Å². The highest BCUT2D eigenvalue weighted by Gasteiger charge is 2.13. The highest BCUT2D eigenvalue weighted by molar-refractivity contribution is 5.80. The average Bonchev–Trinajstić information content (AvgIpc) is 2.74. The molecule has 1 amide bonds. The van der Waals surface area contributed by atoms with Crippen LogP contribution in [0, 0.1) is 5.92 Å². The molecular weight excluding hydrogens is 240 g/mol. The Morgan fingerprint density at radius 2 is 2.16 bits per heavy atom. The monoisotopic (exact) mass is 260 g/mol. The van der Waals surface area contributed by atoms with Crippen LogP contribution >= 0.6 is 0 Å². The molecule has 0 aliphatic heterocycles. The number of imidazole rings is 1.